The molecule has 0 aliphatic carbocycles. The van der Waals surface area contributed by atoms with Crippen LogP contribution in [0, 0.1) is 0 Å². The highest BCUT2D eigenvalue weighted by Crippen LogP contribution is 2.34. The fourth-order valence-electron chi connectivity index (χ4n) is 2.94. The molecule has 0 fully saturated rings. The minimum Gasteiger partial charge on any atom is -0.480 e. The summed E-state index contributed by atoms with van der Waals surface area (Å²) >= 11 is 0. The summed E-state index contributed by atoms with van der Waals surface area (Å²) < 4.78 is 16.4. The molecule has 2 amide bonds. The van der Waals surface area contributed by atoms with Crippen molar-refractivity contribution in [2.45, 2.75) is 13.0 Å². The first kappa shape index (κ1) is 19.3. The third-order valence-electron chi connectivity index (χ3n) is 4.48. The fourth-order valence-corrected chi connectivity index (χ4v) is 2.94. The van der Waals surface area contributed by atoms with Crippen LogP contribution < -0.4 is 24.8 Å². The first-order valence-corrected chi connectivity index (χ1v) is 9.43. The highest BCUT2D eigenvalue weighted by Gasteiger charge is 2.20. The first-order chi connectivity index (χ1) is 14.6. The Morgan fingerprint density at radius 3 is 2.43 bits per heavy atom. The predicted molar refractivity (Wildman–Crippen MR) is 112 cm³/mol. The molecule has 1 unspecified atom stereocenters. The van der Waals surface area contributed by atoms with E-state index in [1.165, 1.54) is 0 Å². The zero-order valence-electron chi connectivity index (χ0n) is 16.3. The molecule has 1 aliphatic heterocycles. The fraction of sp³-hybridized carbons (Fsp3) is 0.130. The molecule has 7 heteroatoms. The van der Waals surface area contributed by atoms with Crippen molar-refractivity contribution in [1.29, 1.82) is 0 Å². The van der Waals surface area contributed by atoms with Crippen LogP contribution in [0.15, 0.2) is 72.8 Å². The maximum absolute atomic E-state index is 12.7. The van der Waals surface area contributed by atoms with Crippen LogP contribution in [0.3, 0.4) is 0 Å². The summed E-state index contributed by atoms with van der Waals surface area (Å²) in [5, 5.41) is 5.60. The zero-order chi connectivity index (χ0) is 20.9. The minimum atomic E-state index is -0.832. The molecule has 0 saturated carbocycles. The van der Waals surface area contributed by atoms with Gasteiger partial charge in [0.15, 0.2) is 17.6 Å². The van der Waals surface area contributed by atoms with Gasteiger partial charge in [0, 0.05) is 17.4 Å². The largest absolute Gasteiger partial charge is 0.480 e. The maximum Gasteiger partial charge on any atom is 0.265 e. The Balaban J connectivity index is 1.43. The van der Waals surface area contributed by atoms with E-state index >= 15 is 0 Å². The second kappa shape index (κ2) is 8.57. The lowest BCUT2D eigenvalue weighted by atomic mass is 10.1. The molecule has 152 valence electrons. The van der Waals surface area contributed by atoms with Crippen molar-refractivity contribution >= 4 is 23.2 Å². The molecule has 0 saturated heterocycles. The van der Waals surface area contributed by atoms with Gasteiger partial charge in [0.05, 0.1) is 5.56 Å². The Labute approximate surface area is 173 Å². The third kappa shape index (κ3) is 4.35. The molecular weight excluding hydrogens is 384 g/mol. The van der Waals surface area contributed by atoms with Crippen LogP contribution in [-0.2, 0) is 4.79 Å². The molecular formula is C23H20N2O5. The van der Waals surface area contributed by atoms with Gasteiger partial charge in [-0.1, -0.05) is 30.3 Å². The Morgan fingerprint density at radius 1 is 0.867 bits per heavy atom. The van der Waals surface area contributed by atoms with Crippen LogP contribution in [0.4, 0.5) is 11.4 Å². The van der Waals surface area contributed by atoms with Gasteiger partial charge >= 0.3 is 0 Å². The lowest BCUT2D eigenvalue weighted by molar-refractivity contribution is -0.122. The first-order valence-electron chi connectivity index (χ1n) is 9.43. The van der Waals surface area contributed by atoms with Gasteiger partial charge in [-0.15, -0.1) is 0 Å². The highest BCUT2D eigenvalue weighted by atomic mass is 16.7. The number of benzene rings is 3. The number of amides is 2. The monoisotopic (exact) mass is 404 g/mol. The number of para-hydroxylation sites is 2. The predicted octanol–water partition coefficient (Wildman–Crippen LogP) is 4.07. The molecule has 3 aromatic rings. The van der Waals surface area contributed by atoms with Gasteiger partial charge in [0.25, 0.3) is 11.8 Å². The van der Waals surface area contributed by atoms with E-state index in [2.05, 4.69) is 10.6 Å². The quantitative estimate of drug-likeness (QED) is 0.647. The molecule has 4 rings (SSSR count). The summed E-state index contributed by atoms with van der Waals surface area (Å²) in [5.74, 6) is 0.853. The van der Waals surface area contributed by atoms with Crippen molar-refractivity contribution in [2.24, 2.45) is 0 Å². The summed E-state index contributed by atoms with van der Waals surface area (Å²) in [6, 6.07) is 21.1. The number of rotatable bonds is 6. The molecule has 1 heterocycles. The Hall–Kier alpha value is -4.00. The summed E-state index contributed by atoms with van der Waals surface area (Å²) in [7, 11) is 0. The molecule has 1 aliphatic rings. The van der Waals surface area contributed by atoms with E-state index in [0.717, 1.165) is 0 Å². The second-order valence-corrected chi connectivity index (χ2v) is 6.63. The lowest BCUT2D eigenvalue weighted by Gasteiger charge is -2.17. The molecule has 0 bridgehead atoms. The average molecular weight is 404 g/mol. The Morgan fingerprint density at radius 2 is 1.60 bits per heavy atom. The molecule has 7 nitrogen and oxygen atoms in total. The van der Waals surface area contributed by atoms with Crippen LogP contribution in [0.1, 0.15) is 17.3 Å². The van der Waals surface area contributed by atoms with Crippen molar-refractivity contribution in [3.8, 4) is 17.2 Å². The molecule has 2 N–H and O–H groups in total. The topological polar surface area (TPSA) is 85.9 Å². The number of hydrogen-bond acceptors (Lipinski definition) is 5. The van der Waals surface area contributed by atoms with Crippen molar-refractivity contribution in [3.05, 3.63) is 78.4 Å². The number of hydrogen-bond donors (Lipinski definition) is 2. The minimum absolute atomic E-state index is 0.161. The van der Waals surface area contributed by atoms with E-state index in [1.54, 1.807) is 61.5 Å². The highest BCUT2D eigenvalue weighted by molar-refractivity contribution is 6.06. The zero-order valence-corrected chi connectivity index (χ0v) is 16.3. The van der Waals surface area contributed by atoms with Crippen LogP contribution in [0.2, 0.25) is 0 Å². The van der Waals surface area contributed by atoms with E-state index in [4.69, 9.17) is 14.2 Å². The van der Waals surface area contributed by atoms with Gasteiger partial charge in [-0.2, -0.15) is 0 Å². The number of carbonyl (C=O) groups excluding carboxylic acids is 2. The molecule has 30 heavy (non-hydrogen) atoms. The van der Waals surface area contributed by atoms with E-state index in [-0.39, 0.29) is 18.6 Å². The second-order valence-electron chi connectivity index (χ2n) is 6.63. The van der Waals surface area contributed by atoms with E-state index in [9.17, 15) is 9.59 Å². The molecule has 0 spiro atoms. The number of carbonyl (C=O) groups is 2. The van der Waals surface area contributed by atoms with Gasteiger partial charge in [0.1, 0.15) is 5.75 Å². The van der Waals surface area contributed by atoms with Crippen molar-refractivity contribution < 1.29 is 23.8 Å². The maximum atomic E-state index is 12.7. The van der Waals surface area contributed by atoms with Crippen molar-refractivity contribution in [1.82, 2.24) is 0 Å². The molecule has 0 radical (unpaired) electrons. The number of ether oxygens (including phenoxy) is 3. The summed E-state index contributed by atoms with van der Waals surface area (Å²) in [4.78, 5) is 25.2. The van der Waals surface area contributed by atoms with E-state index in [1.807, 2.05) is 18.2 Å². The average Bonchev–Trinajstić information content (AvgIpc) is 3.22. The van der Waals surface area contributed by atoms with Gasteiger partial charge < -0.3 is 24.8 Å². The van der Waals surface area contributed by atoms with Gasteiger partial charge in [-0.05, 0) is 43.3 Å². The van der Waals surface area contributed by atoms with Crippen LogP contribution in [0.25, 0.3) is 0 Å². The molecule has 1 atom stereocenters. The van der Waals surface area contributed by atoms with Crippen molar-refractivity contribution in [2.75, 3.05) is 17.4 Å². The SMILES string of the molecule is CC(Oc1ccccc1C(=O)Nc1ccccc1)C(=O)Nc1ccc2c(c1)OCO2. The normalized spacial score (nSPS) is 12.7. The van der Waals surface area contributed by atoms with Gasteiger partial charge in [-0.3, -0.25) is 9.59 Å². The standard InChI is InChI=1S/C23H20N2O5/c1-15(22(26)25-17-11-12-20-21(13-17)29-14-28-20)30-19-10-6-5-9-18(19)23(27)24-16-7-3-2-4-8-16/h2-13,15H,14H2,1H3,(H,24,27)(H,25,26). The molecule has 3 aromatic carbocycles. The van der Waals surface area contributed by atoms with Crippen molar-refractivity contribution in [3.63, 3.8) is 0 Å². The van der Waals surface area contributed by atoms with E-state index in [0.29, 0.717) is 34.2 Å². The van der Waals surface area contributed by atoms with Crippen LogP contribution in [0.5, 0.6) is 17.2 Å². The smallest absolute Gasteiger partial charge is 0.265 e. The summed E-state index contributed by atoms with van der Waals surface area (Å²) in [6.45, 7) is 1.78. The number of anilines is 2. The lowest BCUT2D eigenvalue weighted by Crippen LogP contribution is -2.30. The Kier molecular flexibility index (Phi) is 5.52. The van der Waals surface area contributed by atoms with E-state index < -0.39 is 6.10 Å². The van der Waals surface area contributed by atoms with Gasteiger partial charge in [0.2, 0.25) is 6.79 Å². The summed E-state index contributed by atoms with van der Waals surface area (Å²) in [5.41, 5.74) is 1.57. The third-order valence-corrected chi connectivity index (χ3v) is 4.48. The number of fused-ring (bicyclic) bond motifs is 1. The summed E-state index contributed by atoms with van der Waals surface area (Å²) in [6.07, 6.45) is -0.832. The van der Waals surface area contributed by atoms with Crippen LogP contribution in [-0.4, -0.2) is 24.7 Å². The van der Waals surface area contributed by atoms with Gasteiger partial charge in [-0.25, -0.2) is 0 Å². The number of nitrogens with one attached hydrogen (secondary N) is 2. The van der Waals surface area contributed by atoms with Crippen LogP contribution >= 0.6 is 0 Å². The molecule has 0 aromatic heterocycles. The Bertz CT molecular complexity index is 1070.